The fraction of sp³-hybridized carbons (Fsp3) is 0.545. The maximum Gasteiger partial charge on any atom is 0.0970 e. The molecule has 3 nitrogen and oxygen atoms in total. The Kier molecular flexibility index (Phi) is 3.11. The molecule has 1 aromatic heterocycles. The van der Waals surface area contributed by atoms with Crippen molar-refractivity contribution in [2.24, 2.45) is 0 Å². The fourth-order valence-corrected chi connectivity index (χ4v) is 1.72. The van der Waals surface area contributed by atoms with Crippen molar-refractivity contribution >= 4 is 0 Å². The van der Waals surface area contributed by atoms with E-state index in [9.17, 15) is 0 Å². The maximum atomic E-state index is 5.87. The van der Waals surface area contributed by atoms with Gasteiger partial charge in [0.25, 0.3) is 0 Å². The van der Waals surface area contributed by atoms with E-state index in [1.807, 2.05) is 24.4 Å². The molecule has 2 atom stereocenters. The summed E-state index contributed by atoms with van der Waals surface area (Å²) < 4.78 is 5.87. The highest BCUT2D eigenvalue weighted by atomic mass is 16.5. The van der Waals surface area contributed by atoms with Gasteiger partial charge in [-0.1, -0.05) is 6.07 Å². The third-order valence-electron chi connectivity index (χ3n) is 2.52. The molecule has 0 aliphatic carbocycles. The van der Waals surface area contributed by atoms with E-state index in [0.717, 1.165) is 25.2 Å². The average molecular weight is 192 g/mol. The lowest BCUT2D eigenvalue weighted by atomic mass is 10.2. The lowest BCUT2D eigenvalue weighted by Crippen LogP contribution is -2.18. The molecule has 1 aliphatic rings. The van der Waals surface area contributed by atoms with Crippen molar-refractivity contribution in [2.75, 3.05) is 13.1 Å². The van der Waals surface area contributed by atoms with Gasteiger partial charge in [0.15, 0.2) is 0 Å². The van der Waals surface area contributed by atoms with Crippen LogP contribution in [0, 0.1) is 0 Å². The second kappa shape index (κ2) is 4.53. The Labute approximate surface area is 84.5 Å². The van der Waals surface area contributed by atoms with Crippen LogP contribution in [0.2, 0.25) is 0 Å². The third-order valence-corrected chi connectivity index (χ3v) is 2.52. The van der Waals surface area contributed by atoms with Crippen molar-refractivity contribution in [1.82, 2.24) is 10.3 Å². The molecule has 1 aliphatic heterocycles. The molecular formula is C11H16N2O. The van der Waals surface area contributed by atoms with Crippen molar-refractivity contribution in [3.8, 4) is 0 Å². The molecule has 0 amide bonds. The quantitative estimate of drug-likeness (QED) is 0.788. The molecule has 1 saturated heterocycles. The second-order valence-electron chi connectivity index (χ2n) is 3.65. The van der Waals surface area contributed by atoms with Gasteiger partial charge in [-0.05, 0) is 32.0 Å². The van der Waals surface area contributed by atoms with Gasteiger partial charge in [-0.3, -0.25) is 4.98 Å². The Morgan fingerprint density at radius 1 is 1.57 bits per heavy atom. The van der Waals surface area contributed by atoms with E-state index < -0.39 is 0 Å². The Hall–Kier alpha value is -0.930. The summed E-state index contributed by atoms with van der Waals surface area (Å²) in [5.41, 5.74) is 1.01. The first kappa shape index (κ1) is 9.62. The second-order valence-corrected chi connectivity index (χ2v) is 3.65. The highest BCUT2D eigenvalue weighted by Crippen LogP contribution is 2.18. The minimum Gasteiger partial charge on any atom is -0.368 e. The highest BCUT2D eigenvalue weighted by Gasteiger charge is 2.18. The van der Waals surface area contributed by atoms with Gasteiger partial charge in [0.2, 0.25) is 0 Å². The van der Waals surface area contributed by atoms with Gasteiger partial charge in [0.05, 0.1) is 17.9 Å². The number of nitrogens with zero attached hydrogens (tertiary/aromatic N) is 1. The molecule has 2 heterocycles. The topological polar surface area (TPSA) is 34.1 Å². The largest absolute Gasteiger partial charge is 0.368 e. The zero-order valence-corrected chi connectivity index (χ0v) is 8.44. The molecule has 2 rings (SSSR count). The number of ether oxygens (including phenoxy) is 1. The van der Waals surface area contributed by atoms with Crippen LogP contribution in [-0.4, -0.2) is 24.2 Å². The predicted octanol–water partition coefficient (Wildman–Crippen LogP) is 1.52. The lowest BCUT2D eigenvalue weighted by Gasteiger charge is -2.17. The SMILES string of the molecule is CC(O[C@@H]1CCNC1)c1ccccn1. The monoisotopic (exact) mass is 192 g/mol. The summed E-state index contributed by atoms with van der Waals surface area (Å²) in [5.74, 6) is 0. The highest BCUT2D eigenvalue weighted by molar-refractivity contribution is 5.06. The molecule has 1 unspecified atom stereocenters. The average Bonchev–Trinajstić information content (AvgIpc) is 2.72. The standard InChI is InChI=1S/C11H16N2O/c1-9(11-4-2-3-6-13-11)14-10-5-7-12-8-10/h2-4,6,9-10,12H,5,7-8H2,1H3/t9?,10-/m1/s1. The molecule has 0 spiro atoms. The predicted molar refractivity (Wildman–Crippen MR) is 55.0 cm³/mol. The van der Waals surface area contributed by atoms with Crippen LogP contribution in [0.5, 0.6) is 0 Å². The van der Waals surface area contributed by atoms with Gasteiger partial charge >= 0.3 is 0 Å². The molecule has 0 radical (unpaired) electrons. The summed E-state index contributed by atoms with van der Waals surface area (Å²) >= 11 is 0. The molecule has 0 aromatic carbocycles. The smallest absolute Gasteiger partial charge is 0.0970 e. The lowest BCUT2D eigenvalue weighted by molar-refractivity contribution is 0.00602. The summed E-state index contributed by atoms with van der Waals surface area (Å²) in [6.07, 6.45) is 3.37. The van der Waals surface area contributed by atoms with Gasteiger partial charge in [0, 0.05) is 12.7 Å². The first-order valence-corrected chi connectivity index (χ1v) is 5.13. The van der Waals surface area contributed by atoms with Crippen LogP contribution in [0.1, 0.15) is 25.1 Å². The molecule has 14 heavy (non-hydrogen) atoms. The molecular weight excluding hydrogens is 176 g/mol. The fourth-order valence-electron chi connectivity index (χ4n) is 1.72. The van der Waals surface area contributed by atoms with E-state index in [2.05, 4.69) is 17.2 Å². The molecule has 1 aromatic rings. The molecule has 1 fully saturated rings. The number of hydrogen-bond donors (Lipinski definition) is 1. The molecule has 3 heteroatoms. The van der Waals surface area contributed by atoms with Gasteiger partial charge in [0.1, 0.15) is 0 Å². The van der Waals surface area contributed by atoms with Crippen LogP contribution >= 0.6 is 0 Å². The van der Waals surface area contributed by atoms with E-state index in [4.69, 9.17) is 4.74 Å². The molecule has 0 saturated carbocycles. The zero-order valence-electron chi connectivity index (χ0n) is 8.44. The van der Waals surface area contributed by atoms with Crippen molar-refractivity contribution in [1.29, 1.82) is 0 Å². The summed E-state index contributed by atoms with van der Waals surface area (Å²) in [6, 6.07) is 5.93. The summed E-state index contributed by atoms with van der Waals surface area (Å²) in [5, 5.41) is 3.28. The van der Waals surface area contributed by atoms with E-state index in [-0.39, 0.29) is 6.10 Å². The molecule has 0 bridgehead atoms. The Morgan fingerprint density at radius 3 is 3.14 bits per heavy atom. The van der Waals surface area contributed by atoms with E-state index in [0.29, 0.717) is 6.10 Å². The first-order valence-electron chi connectivity index (χ1n) is 5.13. The van der Waals surface area contributed by atoms with E-state index >= 15 is 0 Å². The maximum absolute atomic E-state index is 5.87. The van der Waals surface area contributed by atoms with E-state index in [1.165, 1.54) is 0 Å². The number of nitrogens with one attached hydrogen (secondary N) is 1. The Morgan fingerprint density at radius 2 is 2.50 bits per heavy atom. The van der Waals surface area contributed by atoms with Crippen molar-refractivity contribution < 1.29 is 4.74 Å². The van der Waals surface area contributed by atoms with E-state index in [1.54, 1.807) is 0 Å². The molecule has 76 valence electrons. The van der Waals surface area contributed by atoms with Gasteiger partial charge in [-0.25, -0.2) is 0 Å². The van der Waals surface area contributed by atoms with Crippen molar-refractivity contribution in [2.45, 2.75) is 25.6 Å². The van der Waals surface area contributed by atoms with Crippen LogP contribution < -0.4 is 5.32 Å². The summed E-state index contributed by atoms with van der Waals surface area (Å²) in [6.45, 7) is 4.09. The zero-order chi connectivity index (χ0) is 9.80. The Bertz CT molecular complexity index is 270. The van der Waals surface area contributed by atoms with Crippen molar-refractivity contribution in [3.63, 3.8) is 0 Å². The summed E-state index contributed by atoms with van der Waals surface area (Å²) in [7, 11) is 0. The van der Waals surface area contributed by atoms with Crippen LogP contribution in [0.4, 0.5) is 0 Å². The van der Waals surface area contributed by atoms with Gasteiger partial charge in [-0.2, -0.15) is 0 Å². The van der Waals surface area contributed by atoms with Gasteiger partial charge in [-0.15, -0.1) is 0 Å². The number of rotatable bonds is 3. The van der Waals surface area contributed by atoms with Crippen LogP contribution in [0.15, 0.2) is 24.4 Å². The minimum absolute atomic E-state index is 0.0982. The Balaban J connectivity index is 1.92. The van der Waals surface area contributed by atoms with Crippen LogP contribution in [0.25, 0.3) is 0 Å². The van der Waals surface area contributed by atoms with Crippen molar-refractivity contribution in [3.05, 3.63) is 30.1 Å². The number of hydrogen-bond acceptors (Lipinski definition) is 3. The third kappa shape index (κ3) is 2.30. The normalized spacial score (nSPS) is 23.6. The summed E-state index contributed by atoms with van der Waals surface area (Å²) in [4.78, 5) is 4.28. The minimum atomic E-state index is 0.0982. The van der Waals surface area contributed by atoms with Crippen LogP contribution in [-0.2, 0) is 4.74 Å². The first-order chi connectivity index (χ1) is 6.86. The molecule has 1 N–H and O–H groups in total. The number of pyridine rings is 1. The van der Waals surface area contributed by atoms with Gasteiger partial charge < -0.3 is 10.1 Å². The number of aromatic nitrogens is 1. The van der Waals surface area contributed by atoms with Crippen LogP contribution in [0.3, 0.4) is 0 Å².